The summed E-state index contributed by atoms with van der Waals surface area (Å²) >= 11 is 0. The SMILES string of the molecule is Cc1cc(=O)oc2cc(/C=C/c3ccccc3)ccc12. The molecule has 3 rings (SSSR count). The van der Waals surface area contributed by atoms with Gasteiger partial charge in [0.25, 0.3) is 0 Å². The normalized spacial score (nSPS) is 11.2. The van der Waals surface area contributed by atoms with Gasteiger partial charge < -0.3 is 4.42 Å². The molecule has 98 valence electrons. The molecule has 0 N–H and O–H groups in total. The van der Waals surface area contributed by atoms with Gasteiger partial charge in [-0.3, -0.25) is 0 Å². The van der Waals surface area contributed by atoms with Gasteiger partial charge in [-0.15, -0.1) is 0 Å². The van der Waals surface area contributed by atoms with E-state index in [-0.39, 0.29) is 5.63 Å². The van der Waals surface area contributed by atoms with E-state index in [0.717, 1.165) is 22.1 Å². The lowest BCUT2D eigenvalue weighted by Crippen LogP contribution is -1.97. The van der Waals surface area contributed by atoms with Crippen molar-refractivity contribution in [3.05, 3.63) is 81.7 Å². The Balaban J connectivity index is 2.01. The van der Waals surface area contributed by atoms with E-state index in [1.165, 1.54) is 6.07 Å². The van der Waals surface area contributed by atoms with Crippen molar-refractivity contribution < 1.29 is 4.42 Å². The van der Waals surface area contributed by atoms with Gasteiger partial charge in [0, 0.05) is 11.5 Å². The van der Waals surface area contributed by atoms with Crippen LogP contribution in [0.5, 0.6) is 0 Å². The number of rotatable bonds is 2. The fraction of sp³-hybridized carbons (Fsp3) is 0.0556. The highest BCUT2D eigenvalue weighted by Crippen LogP contribution is 2.19. The van der Waals surface area contributed by atoms with Crippen LogP contribution < -0.4 is 5.63 Å². The minimum absolute atomic E-state index is 0.306. The van der Waals surface area contributed by atoms with Crippen LogP contribution in [-0.2, 0) is 0 Å². The van der Waals surface area contributed by atoms with E-state index in [1.54, 1.807) is 0 Å². The first-order valence-corrected chi connectivity index (χ1v) is 6.50. The standard InChI is InChI=1S/C18H14O2/c1-13-11-18(19)20-17-12-15(9-10-16(13)17)8-7-14-5-3-2-4-6-14/h2-12H,1H3/b8-7+. The third-order valence-corrected chi connectivity index (χ3v) is 3.24. The Morgan fingerprint density at radius 3 is 2.45 bits per heavy atom. The molecule has 3 aromatic rings. The van der Waals surface area contributed by atoms with Crippen molar-refractivity contribution in [2.45, 2.75) is 6.92 Å². The lowest BCUT2D eigenvalue weighted by molar-refractivity contribution is 0.560. The van der Waals surface area contributed by atoms with Crippen molar-refractivity contribution in [1.82, 2.24) is 0 Å². The van der Waals surface area contributed by atoms with Crippen LogP contribution in [0.4, 0.5) is 0 Å². The summed E-state index contributed by atoms with van der Waals surface area (Å²) in [4.78, 5) is 11.4. The van der Waals surface area contributed by atoms with Crippen LogP contribution in [0, 0.1) is 6.92 Å². The van der Waals surface area contributed by atoms with Gasteiger partial charge in [0.05, 0.1) is 0 Å². The first-order valence-electron chi connectivity index (χ1n) is 6.50. The molecule has 0 aliphatic heterocycles. The van der Waals surface area contributed by atoms with Crippen molar-refractivity contribution >= 4 is 23.1 Å². The third kappa shape index (κ3) is 2.54. The van der Waals surface area contributed by atoms with Crippen molar-refractivity contribution in [2.75, 3.05) is 0 Å². The fourth-order valence-electron chi connectivity index (χ4n) is 2.20. The molecule has 0 amide bonds. The molecule has 2 heteroatoms. The zero-order valence-electron chi connectivity index (χ0n) is 11.2. The van der Waals surface area contributed by atoms with Gasteiger partial charge >= 0.3 is 5.63 Å². The van der Waals surface area contributed by atoms with E-state index in [9.17, 15) is 4.79 Å². The highest BCUT2D eigenvalue weighted by atomic mass is 16.4. The molecule has 0 aliphatic carbocycles. The Hall–Kier alpha value is -2.61. The summed E-state index contributed by atoms with van der Waals surface area (Å²) in [6.07, 6.45) is 4.05. The lowest BCUT2D eigenvalue weighted by Gasteiger charge is -2.01. The van der Waals surface area contributed by atoms with Crippen LogP contribution >= 0.6 is 0 Å². The van der Waals surface area contributed by atoms with Crippen molar-refractivity contribution in [3.63, 3.8) is 0 Å². The van der Waals surface area contributed by atoms with Gasteiger partial charge in [-0.2, -0.15) is 0 Å². The Morgan fingerprint density at radius 1 is 0.900 bits per heavy atom. The second kappa shape index (κ2) is 5.17. The highest BCUT2D eigenvalue weighted by molar-refractivity contribution is 5.83. The second-order valence-electron chi connectivity index (χ2n) is 4.75. The van der Waals surface area contributed by atoms with Crippen LogP contribution in [-0.4, -0.2) is 0 Å². The zero-order chi connectivity index (χ0) is 13.9. The molecular weight excluding hydrogens is 248 g/mol. The van der Waals surface area contributed by atoms with Crippen molar-refractivity contribution in [3.8, 4) is 0 Å². The number of hydrogen-bond donors (Lipinski definition) is 0. The molecule has 2 aromatic carbocycles. The van der Waals surface area contributed by atoms with E-state index in [2.05, 4.69) is 0 Å². The summed E-state index contributed by atoms with van der Waals surface area (Å²) in [5, 5.41) is 0.974. The van der Waals surface area contributed by atoms with Crippen molar-refractivity contribution in [1.29, 1.82) is 0 Å². The monoisotopic (exact) mass is 262 g/mol. The molecule has 0 fully saturated rings. The summed E-state index contributed by atoms with van der Waals surface area (Å²) in [6.45, 7) is 1.92. The van der Waals surface area contributed by atoms with Gasteiger partial charge in [0.15, 0.2) is 0 Å². The van der Waals surface area contributed by atoms with Crippen LogP contribution in [0.2, 0.25) is 0 Å². The molecule has 0 radical (unpaired) electrons. The second-order valence-corrected chi connectivity index (χ2v) is 4.75. The molecular formula is C18H14O2. The lowest BCUT2D eigenvalue weighted by atomic mass is 10.1. The molecule has 0 aliphatic rings. The zero-order valence-corrected chi connectivity index (χ0v) is 11.2. The summed E-state index contributed by atoms with van der Waals surface area (Å²) in [7, 11) is 0. The molecule has 0 unspecified atom stereocenters. The summed E-state index contributed by atoms with van der Waals surface area (Å²) in [6, 6.07) is 17.5. The van der Waals surface area contributed by atoms with Crippen LogP contribution in [0.3, 0.4) is 0 Å². The van der Waals surface area contributed by atoms with Crippen LogP contribution in [0.1, 0.15) is 16.7 Å². The fourth-order valence-corrected chi connectivity index (χ4v) is 2.20. The molecule has 0 spiro atoms. The minimum atomic E-state index is -0.306. The molecule has 0 saturated heterocycles. The first-order chi connectivity index (χ1) is 9.72. The van der Waals surface area contributed by atoms with Gasteiger partial charge in [0.1, 0.15) is 5.58 Å². The van der Waals surface area contributed by atoms with Gasteiger partial charge in [-0.05, 0) is 29.7 Å². The molecule has 1 aromatic heterocycles. The average molecular weight is 262 g/mol. The predicted molar refractivity (Wildman–Crippen MR) is 82.6 cm³/mol. The minimum Gasteiger partial charge on any atom is -0.423 e. The van der Waals surface area contributed by atoms with Crippen LogP contribution in [0.25, 0.3) is 23.1 Å². The molecule has 0 saturated carbocycles. The molecule has 1 heterocycles. The molecule has 2 nitrogen and oxygen atoms in total. The molecule has 0 atom stereocenters. The first kappa shape index (κ1) is 12.4. The van der Waals surface area contributed by atoms with Crippen molar-refractivity contribution in [2.24, 2.45) is 0 Å². The van der Waals surface area contributed by atoms with Gasteiger partial charge in [0.2, 0.25) is 0 Å². The molecule has 20 heavy (non-hydrogen) atoms. The number of fused-ring (bicyclic) bond motifs is 1. The van der Waals surface area contributed by atoms with Gasteiger partial charge in [-0.25, -0.2) is 4.79 Å². The quantitative estimate of drug-likeness (QED) is 0.510. The Bertz CT molecular complexity index is 827. The van der Waals surface area contributed by atoms with Crippen LogP contribution in [0.15, 0.2) is 63.8 Å². The van der Waals surface area contributed by atoms with E-state index >= 15 is 0 Å². The summed E-state index contributed by atoms with van der Waals surface area (Å²) < 4.78 is 5.25. The maximum absolute atomic E-state index is 11.4. The number of aryl methyl sites for hydroxylation is 1. The van der Waals surface area contributed by atoms with Gasteiger partial charge in [-0.1, -0.05) is 54.6 Å². The largest absolute Gasteiger partial charge is 0.423 e. The number of hydrogen-bond acceptors (Lipinski definition) is 2. The van der Waals surface area contributed by atoms with E-state index < -0.39 is 0 Å². The summed E-state index contributed by atoms with van der Waals surface area (Å²) in [5.41, 5.74) is 3.41. The Morgan fingerprint density at radius 2 is 1.65 bits per heavy atom. The van der Waals surface area contributed by atoms with E-state index in [1.807, 2.05) is 67.6 Å². The smallest absolute Gasteiger partial charge is 0.336 e. The van der Waals surface area contributed by atoms with E-state index in [4.69, 9.17) is 4.42 Å². The number of benzene rings is 2. The maximum atomic E-state index is 11.4. The average Bonchev–Trinajstić information content (AvgIpc) is 2.45. The highest BCUT2D eigenvalue weighted by Gasteiger charge is 2.01. The Labute approximate surface area is 117 Å². The third-order valence-electron chi connectivity index (χ3n) is 3.24. The Kier molecular flexibility index (Phi) is 3.21. The predicted octanol–water partition coefficient (Wildman–Crippen LogP) is 4.27. The topological polar surface area (TPSA) is 30.2 Å². The molecule has 0 bridgehead atoms. The van der Waals surface area contributed by atoms with E-state index in [0.29, 0.717) is 5.58 Å². The maximum Gasteiger partial charge on any atom is 0.336 e. The summed E-state index contributed by atoms with van der Waals surface area (Å²) in [5.74, 6) is 0.